The lowest BCUT2D eigenvalue weighted by atomic mass is 10.0. The molecule has 3 nitrogen and oxygen atoms in total. The third-order valence-corrected chi connectivity index (χ3v) is 9.50. The Morgan fingerprint density at radius 2 is 0.565 bits per heavy atom. The summed E-state index contributed by atoms with van der Waals surface area (Å²) >= 11 is 6.43. The Morgan fingerprint density at radius 1 is 0.370 bits per heavy atom. The van der Waals surface area contributed by atoms with Crippen molar-refractivity contribution in [1.29, 1.82) is 0 Å². The van der Waals surface area contributed by atoms with E-state index in [1.807, 2.05) is 26.0 Å². The van der Waals surface area contributed by atoms with Crippen LogP contribution >= 0.6 is 11.6 Å². The van der Waals surface area contributed by atoms with Crippen molar-refractivity contribution >= 4 is 11.6 Å². The summed E-state index contributed by atoms with van der Waals surface area (Å²) in [6.45, 7) is 8.22. The van der Waals surface area contributed by atoms with Gasteiger partial charge in [0, 0.05) is 13.2 Å². The molecule has 0 aliphatic rings. The average molecular weight is 675 g/mol. The average Bonchev–Trinajstić information content (AvgIpc) is 3.03. The third kappa shape index (κ3) is 46.3. The molecule has 0 saturated carbocycles. The van der Waals surface area contributed by atoms with Crippen LogP contribution in [0.5, 0.6) is 0 Å². The Morgan fingerprint density at radius 3 is 0.804 bits per heavy atom. The van der Waals surface area contributed by atoms with E-state index in [4.69, 9.17) is 21.1 Å². The fourth-order valence-corrected chi connectivity index (χ4v) is 6.14. The van der Waals surface area contributed by atoms with Gasteiger partial charge in [0.1, 0.15) is 0 Å². The first kappa shape index (κ1) is 48.3. The highest BCUT2D eigenvalue weighted by Gasteiger charge is 2.15. The molecular weight excluding hydrogens is 586 g/mol. The van der Waals surface area contributed by atoms with Crippen molar-refractivity contribution in [3.05, 3.63) is 0 Å². The zero-order valence-electron chi connectivity index (χ0n) is 32.8. The molecule has 0 radical (unpaired) electrons. The van der Waals surface area contributed by atoms with E-state index in [1.54, 1.807) is 0 Å². The van der Waals surface area contributed by atoms with Crippen LogP contribution in [0.15, 0.2) is 0 Å². The van der Waals surface area contributed by atoms with Gasteiger partial charge in [-0.2, -0.15) is 0 Å². The minimum atomic E-state index is -0.317. The van der Waals surface area contributed by atoms with Crippen LogP contribution in [0.4, 0.5) is 0 Å². The van der Waals surface area contributed by atoms with E-state index in [9.17, 15) is 0 Å². The summed E-state index contributed by atoms with van der Waals surface area (Å²) in [5.74, 6) is 0. The molecule has 0 saturated heterocycles. The highest BCUT2D eigenvalue weighted by Crippen LogP contribution is 2.16. The molecule has 2 unspecified atom stereocenters. The smallest absolute Gasteiger partial charge is 0.156 e. The summed E-state index contributed by atoms with van der Waals surface area (Å²) in [5, 5.41) is 0. The van der Waals surface area contributed by atoms with E-state index in [2.05, 4.69) is 20.8 Å². The van der Waals surface area contributed by atoms with Crippen LogP contribution in [0.25, 0.3) is 0 Å². The molecule has 0 fully saturated rings. The van der Waals surface area contributed by atoms with Crippen molar-refractivity contribution < 1.29 is 9.47 Å². The number of alkyl halides is 1. The molecule has 0 aromatic heterocycles. The zero-order valence-corrected chi connectivity index (χ0v) is 33.6. The summed E-state index contributed by atoms with van der Waals surface area (Å²) < 4.78 is 11.8. The predicted molar refractivity (Wildman–Crippen MR) is 210 cm³/mol. The lowest BCUT2D eigenvalue weighted by Gasteiger charge is -2.19. The molecule has 0 aliphatic heterocycles. The van der Waals surface area contributed by atoms with Crippen molar-refractivity contribution in [1.82, 2.24) is 4.90 Å². The Bertz CT molecular complexity index is 473. The van der Waals surface area contributed by atoms with Gasteiger partial charge < -0.3 is 14.4 Å². The Labute approximate surface area is 297 Å². The Kier molecular flexibility index (Phi) is 45.3. The van der Waals surface area contributed by atoms with Gasteiger partial charge >= 0.3 is 0 Å². The normalized spacial score (nSPS) is 12.8. The molecular formula is C42H88ClNO2. The van der Waals surface area contributed by atoms with Gasteiger partial charge in [-0.1, -0.05) is 218 Å². The lowest BCUT2D eigenvalue weighted by molar-refractivity contribution is -0.0293. The van der Waals surface area contributed by atoms with Crippen LogP contribution in [-0.4, -0.2) is 50.9 Å². The van der Waals surface area contributed by atoms with Gasteiger partial charge in [-0.3, -0.25) is 0 Å². The fourth-order valence-electron chi connectivity index (χ4n) is 5.98. The van der Waals surface area contributed by atoms with Crippen molar-refractivity contribution in [2.24, 2.45) is 0 Å². The maximum Gasteiger partial charge on any atom is 0.156 e. The van der Waals surface area contributed by atoms with Crippen molar-refractivity contribution in [2.75, 3.05) is 34.4 Å². The van der Waals surface area contributed by atoms with Gasteiger partial charge in [-0.15, -0.1) is 0 Å². The second-order valence-corrected chi connectivity index (χ2v) is 15.2. The van der Waals surface area contributed by atoms with Gasteiger partial charge in [-0.25, -0.2) is 0 Å². The first-order chi connectivity index (χ1) is 22.5. The van der Waals surface area contributed by atoms with Gasteiger partial charge in [0.05, 0.1) is 6.10 Å². The number of nitrogens with zero attached hydrogens (tertiary/aromatic N) is 1. The molecule has 2 atom stereocenters. The maximum absolute atomic E-state index is 6.43. The van der Waals surface area contributed by atoms with E-state index in [0.29, 0.717) is 0 Å². The van der Waals surface area contributed by atoms with E-state index in [0.717, 1.165) is 26.1 Å². The van der Waals surface area contributed by atoms with Gasteiger partial charge in [0.25, 0.3) is 0 Å². The standard InChI is InChI=1S/C39H79ClO2.C3H9N/c1-4-6-8-10-12-14-16-18-20-22-24-26-28-30-32-34-36-41-38(3)39(40)42-37-35-33-31-29-27-25-23-21-19-17-15-13-11-9-7-5-2;1-4(2)3/h38-39H,4-37H2,1-3H3;1-3H3. The number of rotatable bonds is 37. The highest BCUT2D eigenvalue weighted by atomic mass is 35.5. The molecule has 4 heteroatoms. The topological polar surface area (TPSA) is 21.7 Å². The van der Waals surface area contributed by atoms with E-state index in [-0.39, 0.29) is 11.7 Å². The quantitative estimate of drug-likeness (QED) is 0.0484. The second-order valence-electron chi connectivity index (χ2n) is 14.7. The molecule has 0 spiro atoms. The van der Waals surface area contributed by atoms with Crippen LogP contribution in [0.1, 0.15) is 226 Å². The van der Waals surface area contributed by atoms with Crippen LogP contribution in [0, 0.1) is 0 Å². The number of unbranched alkanes of at least 4 members (excludes halogenated alkanes) is 30. The molecule has 46 heavy (non-hydrogen) atoms. The van der Waals surface area contributed by atoms with E-state index < -0.39 is 0 Å². The molecule has 0 bridgehead atoms. The van der Waals surface area contributed by atoms with Crippen LogP contribution in [-0.2, 0) is 9.47 Å². The van der Waals surface area contributed by atoms with Crippen molar-refractivity contribution in [3.63, 3.8) is 0 Å². The van der Waals surface area contributed by atoms with Crippen molar-refractivity contribution in [3.8, 4) is 0 Å². The molecule has 0 N–H and O–H groups in total. The monoisotopic (exact) mass is 674 g/mol. The summed E-state index contributed by atoms with van der Waals surface area (Å²) in [6.07, 6.45) is 44.6. The minimum Gasteiger partial charge on any atom is -0.374 e. The number of ether oxygens (including phenoxy) is 2. The van der Waals surface area contributed by atoms with Crippen molar-refractivity contribution in [2.45, 2.75) is 238 Å². The summed E-state index contributed by atoms with van der Waals surface area (Å²) in [6, 6.07) is 0. The largest absolute Gasteiger partial charge is 0.374 e. The van der Waals surface area contributed by atoms with E-state index >= 15 is 0 Å². The number of hydrogen-bond acceptors (Lipinski definition) is 3. The highest BCUT2D eigenvalue weighted by molar-refractivity contribution is 6.20. The van der Waals surface area contributed by atoms with Gasteiger partial charge in [0.15, 0.2) is 5.56 Å². The molecule has 0 aromatic carbocycles. The van der Waals surface area contributed by atoms with Crippen LogP contribution < -0.4 is 0 Å². The molecule has 0 amide bonds. The predicted octanol–water partition coefficient (Wildman–Crippen LogP) is 14.7. The van der Waals surface area contributed by atoms with Gasteiger partial charge in [0.2, 0.25) is 0 Å². The van der Waals surface area contributed by atoms with Gasteiger partial charge in [-0.05, 0) is 40.9 Å². The number of halogens is 1. The van der Waals surface area contributed by atoms with Crippen LogP contribution in [0.3, 0.4) is 0 Å². The molecule has 280 valence electrons. The molecule has 0 heterocycles. The lowest BCUT2D eigenvalue weighted by Crippen LogP contribution is -2.25. The first-order valence-corrected chi connectivity index (χ1v) is 21.4. The van der Waals surface area contributed by atoms with Crippen LogP contribution in [0.2, 0.25) is 0 Å². The molecule has 0 aliphatic carbocycles. The summed E-state index contributed by atoms with van der Waals surface area (Å²) in [7, 11) is 6.00. The summed E-state index contributed by atoms with van der Waals surface area (Å²) in [4.78, 5) is 2.00. The number of hydrogen-bond donors (Lipinski definition) is 0. The van der Waals surface area contributed by atoms with E-state index in [1.165, 1.54) is 193 Å². The second kappa shape index (κ2) is 43.2. The Hall–Kier alpha value is 0.170. The minimum absolute atomic E-state index is 0.0240. The SMILES string of the molecule is CCCCCCCCCCCCCCCCCCOC(C)C(Cl)OCCCCCCCCCCCCCCCCCC.CN(C)C. The summed E-state index contributed by atoms with van der Waals surface area (Å²) in [5.41, 5.74) is -0.317. The zero-order chi connectivity index (χ0) is 34.2. The fraction of sp³-hybridized carbons (Fsp3) is 1.00. The molecule has 0 rings (SSSR count). The first-order valence-electron chi connectivity index (χ1n) is 20.9. The maximum atomic E-state index is 6.43. The Balaban J connectivity index is 0. The third-order valence-electron chi connectivity index (χ3n) is 9.02. The molecule has 0 aromatic rings.